The lowest BCUT2D eigenvalue weighted by Gasteiger charge is -2.42. The quantitative estimate of drug-likeness (QED) is 0.216. The molecule has 0 bridgehead atoms. The molecule has 176 valence electrons. The minimum Gasteiger partial charge on any atom is -0.103 e. The summed E-state index contributed by atoms with van der Waals surface area (Å²) < 4.78 is 0. The highest BCUT2D eigenvalue weighted by Crippen LogP contribution is 2.58. The molecule has 0 aliphatic heterocycles. The zero-order valence-corrected chi connectivity index (χ0v) is 21.8. The van der Waals surface area contributed by atoms with Gasteiger partial charge in [0, 0.05) is 0 Å². The SMILES string of the molecule is C=C/C(=C/C=C1\CCCC2(C)C(CCCC(C)C(C)C)CCC12)CCC(C)(C=C)CC. The molecule has 2 fully saturated rings. The van der Waals surface area contributed by atoms with Crippen LogP contribution in [-0.2, 0) is 0 Å². The fourth-order valence-corrected chi connectivity index (χ4v) is 6.16. The second-order valence-electron chi connectivity index (χ2n) is 11.7. The van der Waals surface area contributed by atoms with Gasteiger partial charge in [0.05, 0.1) is 0 Å². The molecule has 0 amide bonds. The monoisotopic (exact) mass is 424 g/mol. The van der Waals surface area contributed by atoms with Gasteiger partial charge in [-0.05, 0) is 97.9 Å². The van der Waals surface area contributed by atoms with Crippen molar-refractivity contribution in [3.63, 3.8) is 0 Å². The third kappa shape index (κ3) is 6.72. The Labute approximate surface area is 195 Å². The van der Waals surface area contributed by atoms with E-state index in [4.69, 9.17) is 0 Å². The van der Waals surface area contributed by atoms with Crippen LogP contribution in [-0.4, -0.2) is 0 Å². The fourth-order valence-electron chi connectivity index (χ4n) is 6.16. The number of rotatable bonds is 12. The van der Waals surface area contributed by atoms with Gasteiger partial charge in [-0.1, -0.05) is 90.8 Å². The average molecular weight is 425 g/mol. The van der Waals surface area contributed by atoms with Crippen molar-refractivity contribution in [3.05, 3.63) is 48.6 Å². The first-order valence-corrected chi connectivity index (χ1v) is 13.3. The van der Waals surface area contributed by atoms with Crippen molar-refractivity contribution in [2.45, 2.75) is 112 Å². The van der Waals surface area contributed by atoms with Crippen LogP contribution in [0.25, 0.3) is 0 Å². The molecule has 0 radical (unpaired) electrons. The molecule has 0 spiro atoms. The van der Waals surface area contributed by atoms with Gasteiger partial charge in [-0.3, -0.25) is 0 Å². The van der Waals surface area contributed by atoms with E-state index in [0.29, 0.717) is 5.41 Å². The van der Waals surface area contributed by atoms with Crippen LogP contribution in [0.1, 0.15) is 112 Å². The standard InChI is InChI=1S/C31H52/c1-9-26(21-23-30(7,10-2)11-3)17-18-27-15-13-22-31(8)28(19-20-29(27)31)16-12-14-25(6)24(4)5/h9-10,17-18,24-25,28-29H,1-2,11-16,19-23H2,3-8H3/b26-17-,27-18+. The highest BCUT2D eigenvalue weighted by molar-refractivity contribution is 5.28. The molecule has 0 N–H and O–H groups in total. The lowest BCUT2D eigenvalue weighted by molar-refractivity contribution is 0.125. The van der Waals surface area contributed by atoms with E-state index >= 15 is 0 Å². The summed E-state index contributed by atoms with van der Waals surface area (Å²) in [6.45, 7) is 22.6. The predicted molar refractivity (Wildman–Crippen MR) is 140 cm³/mol. The van der Waals surface area contributed by atoms with Crippen molar-refractivity contribution >= 4 is 0 Å². The molecule has 0 aromatic carbocycles. The van der Waals surface area contributed by atoms with Crippen LogP contribution in [0, 0.1) is 34.5 Å². The second-order valence-corrected chi connectivity index (χ2v) is 11.7. The molecule has 0 heteroatoms. The number of allylic oxidation sites excluding steroid dienone is 6. The highest BCUT2D eigenvalue weighted by atomic mass is 14.5. The normalized spacial score (nSPS) is 30.8. The van der Waals surface area contributed by atoms with Gasteiger partial charge in [-0.2, -0.15) is 0 Å². The smallest absolute Gasteiger partial charge is 0.0143 e. The van der Waals surface area contributed by atoms with Gasteiger partial charge in [0.25, 0.3) is 0 Å². The predicted octanol–water partition coefficient (Wildman–Crippen LogP) is 10.1. The van der Waals surface area contributed by atoms with Crippen LogP contribution in [0.15, 0.2) is 48.6 Å². The largest absolute Gasteiger partial charge is 0.103 e. The lowest BCUT2D eigenvalue weighted by Crippen LogP contribution is -2.33. The first-order chi connectivity index (χ1) is 14.7. The summed E-state index contributed by atoms with van der Waals surface area (Å²) in [4.78, 5) is 0. The maximum Gasteiger partial charge on any atom is -0.0143 e. The number of hydrogen-bond donors (Lipinski definition) is 0. The van der Waals surface area contributed by atoms with E-state index in [-0.39, 0.29) is 5.41 Å². The van der Waals surface area contributed by atoms with Gasteiger partial charge in [0.15, 0.2) is 0 Å². The molecular formula is C31H52. The third-order valence-corrected chi connectivity index (χ3v) is 9.57. The van der Waals surface area contributed by atoms with Gasteiger partial charge >= 0.3 is 0 Å². The molecular weight excluding hydrogens is 372 g/mol. The summed E-state index contributed by atoms with van der Waals surface area (Å²) in [5, 5.41) is 0. The summed E-state index contributed by atoms with van der Waals surface area (Å²) in [7, 11) is 0. The Kier molecular flexibility index (Phi) is 9.91. The maximum atomic E-state index is 4.11. The van der Waals surface area contributed by atoms with Crippen LogP contribution < -0.4 is 0 Å². The maximum absolute atomic E-state index is 4.11. The van der Waals surface area contributed by atoms with Crippen molar-refractivity contribution in [3.8, 4) is 0 Å². The van der Waals surface area contributed by atoms with Crippen LogP contribution >= 0.6 is 0 Å². The zero-order chi connectivity index (χ0) is 23.1. The van der Waals surface area contributed by atoms with Crippen molar-refractivity contribution in [2.75, 3.05) is 0 Å². The van der Waals surface area contributed by atoms with E-state index in [0.717, 1.165) is 42.9 Å². The summed E-state index contributed by atoms with van der Waals surface area (Å²) in [5.74, 6) is 3.43. The van der Waals surface area contributed by atoms with Gasteiger partial charge in [-0.15, -0.1) is 6.58 Å². The Bertz CT molecular complexity index is 647. The second kappa shape index (κ2) is 11.7. The lowest BCUT2D eigenvalue weighted by atomic mass is 9.62. The zero-order valence-electron chi connectivity index (χ0n) is 21.8. The van der Waals surface area contributed by atoms with E-state index in [1.165, 1.54) is 56.9 Å². The summed E-state index contributed by atoms with van der Waals surface area (Å²) >= 11 is 0. The van der Waals surface area contributed by atoms with E-state index in [1.807, 2.05) is 0 Å². The van der Waals surface area contributed by atoms with Gasteiger partial charge in [-0.25, -0.2) is 0 Å². The van der Waals surface area contributed by atoms with Crippen molar-refractivity contribution < 1.29 is 0 Å². The third-order valence-electron chi connectivity index (χ3n) is 9.57. The Morgan fingerprint density at radius 3 is 2.58 bits per heavy atom. The molecule has 2 aliphatic carbocycles. The molecule has 5 atom stereocenters. The molecule has 0 saturated heterocycles. The van der Waals surface area contributed by atoms with E-state index in [2.05, 4.69) is 79.0 Å². The van der Waals surface area contributed by atoms with Crippen LogP contribution in [0.2, 0.25) is 0 Å². The molecule has 2 rings (SSSR count). The summed E-state index contributed by atoms with van der Waals surface area (Å²) in [6.07, 6.45) is 23.8. The average Bonchev–Trinajstić information content (AvgIpc) is 3.10. The van der Waals surface area contributed by atoms with Gasteiger partial charge < -0.3 is 0 Å². The number of fused-ring (bicyclic) bond motifs is 1. The molecule has 5 unspecified atom stereocenters. The van der Waals surface area contributed by atoms with Crippen molar-refractivity contribution in [1.29, 1.82) is 0 Å². The molecule has 0 heterocycles. The Morgan fingerprint density at radius 1 is 1.23 bits per heavy atom. The van der Waals surface area contributed by atoms with E-state index in [9.17, 15) is 0 Å². The van der Waals surface area contributed by atoms with Crippen molar-refractivity contribution in [1.82, 2.24) is 0 Å². The fraction of sp³-hybridized carbons (Fsp3) is 0.742. The highest BCUT2D eigenvalue weighted by Gasteiger charge is 2.48. The first-order valence-electron chi connectivity index (χ1n) is 13.3. The molecule has 0 aromatic heterocycles. The van der Waals surface area contributed by atoms with Crippen LogP contribution in [0.4, 0.5) is 0 Å². The Balaban J connectivity index is 2.03. The Morgan fingerprint density at radius 2 is 1.97 bits per heavy atom. The molecule has 2 aliphatic rings. The Hall–Kier alpha value is -1.04. The molecule has 0 aromatic rings. The minimum absolute atomic E-state index is 0.240. The van der Waals surface area contributed by atoms with Crippen LogP contribution in [0.5, 0.6) is 0 Å². The summed E-state index contributed by atoms with van der Waals surface area (Å²) in [5.41, 5.74) is 3.90. The van der Waals surface area contributed by atoms with Crippen molar-refractivity contribution in [2.24, 2.45) is 34.5 Å². The number of hydrogen-bond acceptors (Lipinski definition) is 0. The summed E-state index contributed by atoms with van der Waals surface area (Å²) in [6, 6.07) is 0. The first kappa shape index (κ1) is 26.2. The van der Waals surface area contributed by atoms with Crippen LogP contribution in [0.3, 0.4) is 0 Å². The van der Waals surface area contributed by atoms with Gasteiger partial charge in [0.1, 0.15) is 0 Å². The molecule has 2 saturated carbocycles. The molecule has 31 heavy (non-hydrogen) atoms. The molecule has 0 nitrogen and oxygen atoms in total. The minimum atomic E-state index is 0.240. The van der Waals surface area contributed by atoms with Gasteiger partial charge in [0.2, 0.25) is 0 Å². The topological polar surface area (TPSA) is 0 Å². The van der Waals surface area contributed by atoms with E-state index < -0.39 is 0 Å². The van der Waals surface area contributed by atoms with E-state index in [1.54, 1.807) is 5.57 Å².